The van der Waals surface area contributed by atoms with E-state index < -0.39 is 18.7 Å². The Kier molecular flexibility index (Phi) is 12.9. The topological polar surface area (TPSA) is 72.8 Å². The van der Waals surface area contributed by atoms with E-state index in [9.17, 15) is 23.2 Å². The Morgan fingerprint density at radius 2 is 1.65 bits per heavy atom. The van der Waals surface area contributed by atoms with Crippen molar-refractivity contribution in [3.63, 3.8) is 0 Å². The average molecular weight is 437 g/mol. The monoisotopic (exact) mass is 436 g/mol. The predicted molar refractivity (Wildman–Crippen MR) is 105 cm³/mol. The maximum absolute atomic E-state index is 13.6. The summed E-state index contributed by atoms with van der Waals surface area (Å²) in [6.45, 7) is 7.74. The molecule has 0 rings (SSSR count). The number of thioether (sulfide) groups is 2. The van der Waals surface area contributed by atoms with Gasteiger partial charge in [0.15, 0.2) is 5.12 Å². The van der Waals surface area contributed by atoms with Crippen molar-refractivity contribution in [3.8, 4) is 0 Å². The van der Waals surface area contributed by atoms with Crippen molar-refractivity contribution < 1.29 is 32.3 Å². The molecule has 0 saturated carbocycles. The van der Waals surface area contributed by atoms with Crippen molar-refractivity contribution in [2.45, 2.75) is 58.6 Å². The number of carbonyl (C=O) groups is 1. The number of hydrogen-bond acceptors (Lipinski definition) is 7. The Morgan fingerprint density at radius 3 is 2.12 bits per heavy atom. The molecule has 2 unspecified atom stereocenters. The van der Waals surface area contributed by atoms with Gasteiger partial charge in [0.2, 0.25) is 0 Å². The van der Waals surface area contributed by atoms with Crippen LogP contribution in [0.5, 0.6) is 0 Å². The molecule has 0 bridgehead atoms. The minimum atomic E-state index is -4.63. The molecule has 0 aromatic carbocycles. The number of aliphatic hydroxyl groups is 1. The fraction of sp³-hybridized carbons (Fsp3) is 0.938. The number of hydrogen-bond donors (Lipinski definition) is 1. The summed E-state index contributed by atoms with van der Waals surface area (Å²) >= 11 is 2.13. The van der Waals surface area contributed by atoms with Crippen LogP contribution in [-0.2, 0) is 18.4 Å². The smallest absolute Gasteiger partial charge is 0.382 e. The fourth-order valence-electron chi connectivity index (χ4n) is 1.78. The largest absolute Gasteiger partial charge is 0.399 e. The molecule has 0 aliphatic heterocycles. The van der Waals surface area contributed by atoms with Crippen LogP contribution in [0.25, 0.3) is 0 Å². The second-order valence-corrected chi connectivity index (χ2v) is 11.5. The third-order valence-corrected chi connectivity index (χ3v) is 6.84. The molecule has 26 heavy (non-hydrogen) atoms. The maximum Gasteiger partial charge on any atom is 0.399 e. The fourth-order valence-corrected chi connectivity index (χ4v) is 5.04. The standard InChI is InChI=1S/C16H31F2O5PS2/c1-12(2)10-14(19)25-8-6-22-24(21,16(5,17)18)23-7-9-26-15(20)11-13(3)4/h12-14,19H,6-11H2,1-5H3. The molecular formula is C16H31F2O5PS2. The molecule has 10 heteroatoms. The van der Waals surface area contributed by atoms with Crippen LogP contribution in [0.4, 0.5) is 8.78 Å². The van der Waals surface area contributed by atoms with Gasteiger partial charge in [-0.25, -0.2) is 0 Å². The van der Waals surface area contributed by atoms with Gasteiger partial charge in [0.05, 0.1) is 18.6 Å². The van der Waals surface area contributed by atoms with E-state index in [1.165, 1.54) is 0 Å². The van der Waals surface area contributed by atoms with Gasteiger partial charge in [-0.05, 0) is 18.3 Å². The van der Waals surface area contributed by atoms with Gasteiger partial charge in [0.25, 0.3) is 0 Å². The van der Waals surface area contributed by atoms with E-state index in [0.29, 0.717) is 25.7 Å². The van der Waals surface area contributed by atoms with Crippen molar-refractivity contribution in [2.75, 3.05) is 24.7 Å². The van der Waals surface area contributed by atoms with Gasteiger partial charge in [-0.15, -0.1) is 11.8 Å². The van der Waals surface area contributed by atoms with Crippen molar-refractivity contribution in [2.24, 2.45) is 11.8 Å². The molecule has 0 heterocycles. The highest BCUT2D eigenvalue weighted by atomic mass is 32.2. The van der Waals surface area contributed by atoms with E-state index >= 15 is 0 Å². The number of halogens is 2. The Hall–Kier alpha value is 0.340. The first-order chi connectivity index (χ1) is 11.9. The van der Waals surface area contributed by atoms with Crippen LogP contribution in [0.15, 0.2) is 0 Å². The van der Waals surface area contributed by atoms with Crippen LogP contribution in [0.2, 0.25) is 0 Å². The summed E-state index contributed by atoms with van der Waals surface area (Å²) in [5.41, 5.74) is -4.26. The van der Waals surface area contributed by atoms with Crippen LogP contribution < -0.4 is 0 Å². The van der Waals surface area contributed by atoms with Gasteiger partial charge in [0, 0.05) is 24.9 Å². The quantitative estimate of drug-likeness (QED) is 0.227. The Morgan fingerprint density at radius 1 is 1.12 bits per heavy atom. The molecule has 1 N–H and O–H groups in total. The van der Waals surface area contributed by atoms with Crippen molar-refractivity contribution in [1.82, 2.24) is 0 Å². The van der Waals surface area contributed by atoms with E-state index in [1.807, 2.05) is 27.7 Å². The van der Waals surface area contributed by atoms with Gasteiger partial charge in [-0.1, -0.05) is 39.5 Å². The summed E-state index contributed by atoms with van der Waals surface area (Å²) in [7, 11) is -4.63. The molecule has 5 nitrogen and oxygen atoms in total. The number of aliphatic hydroxyl groups excluding tert-OH is 1. The summed E-state index contributed by atoms with van der Waals surface area (Å²) in [6, 6.07) is 0. The second-order valence-electron chi connectivity index (χ2n) is 6.78. The summed E-state index contributed by atoms with van der Waals surface area (Å²) in [5.74, 6) is 0.882. The van der Waals surface area contributed by atoms with E-state index in [4.69, 9.17) is 9.05 Å². The van der Waals surface area contributed by atoms with E-state index in [-0.39, 0.29) is 35.8 Å². The summed E-state index contributed by atoms with van der Waals surface area (Å²) in [4.78, 5) is 11.6. The molecule has 156 valence electrons. The Bertz CT molecular complexity index is 458. The van der Waals surface area contributed by atoms with Gasteiger partial charge < -0.3 is 14.2 Å². The van der Waals surface area contributed by atoms with Crippen LogP contribution in [0.3, 0.4) is 0 Å². The molecule has 0 saturated heterocycles. The second kappa shape index (κ2) is 12.7. The lowest BCUT2D eigenvalue weighted by Gasteiger charge is -2.23. The highest BCUT2D eigenvalue weighted by Crippen LogP contribution is 2.61. The Labute approximate surface area is 163 Å². The number of carbonyl (C=O) groups excluding carboxylic acids is 1. The molecule has 0 aromatic rings. The normalized spacial score (nSPS) is 16.1. The minimum Gasteiger partial charge on any atom is -0.382 e. The van der Waals surface area contributed by atoms with Gasteiger partial charge in [0.1, 0.15) is 0 Å². The van der Waals surface area contributed by atoms with E-state index in [1.54, 1.807) is 0 Å². The maximum atomic E-state index is 13.6. The first-order valence-corrected chi connectivity index (χ1v) is 12.2. The third kappa shape index (κ3) is 11.9. The molecule has 0 amide bonds. The lowest BCUT2D eigenvalue weighted by Crippen LogP contribution is -2.18. The lowest BCUT2D eigenvalue weighted by atomic mass is 10.1. The predicted octanol–water partition coefficient (Wildman–Crippen LogP) is 5.23. The summed E-state index contributed by atoms with van der Waals surface area (Å²) in [5, 5.41) is 9.66. The summed E-state index contributed by atoms with van der Waals surface area (Å²) < 4.78 is 49.3. The van der Waals surface area contributed by atoms with Gasteiger partial charge >= 0.3 is 13.3 Å². The molecule has 0 radical (unpaired) electrons. The van der Waals surface area contributed by atoms with E-state index in [2.05, 4.69) is 0 Å². The molecule has 0 aliphatic carbocycles. The van der Waals surface area contributed by atoms with Crippen LogP contribution in [0.1, 0.15) is 47.5 Å². The van der Waals surface area contributed by atoms with Gasteiger partial charge in [-0.3, -0.25) is 9.36 Å². The number of alkyl halides is 2. The zero-order valence-corrected chi connectivity index (χ0v) is 18.6. The highest BCUT2D eigenvalue weighted by Gasteiger charge is 2.49. The van der Waals surface area contributed by atoms with Crippen molar-refractivity contribution >= 4 is 36.2 Å². The van der Waals surface area contributed by atoms with Crippen LogP contribution in [0, 0.1) is 11.8 Å². The number of rotatable bonds is 14. The average Bonchev–Trinajstić information content (AvgIpc) is 2.45. The highest BCUT2D eigenvalue weighted by molar-refractivity contribution is 8.13. The zero-order valence-electron chi connectivity index (χ0n) is 16.1. The molecule has 2 atom stereocenters. The van der Waals surface area contributed by atoms with Crippen LogP contribution >= 0.6 is 31.1 Å². The van der Waals surface area contributed by atoms with Crippen molar-refractivity contribution in [3.05, 3.63) is 0 Å². The molecule has 0 spiro atoms. The SMILES string of the molecule is CC(C)CC(=O)SCCOP(=O)(OCCSC(O)CC(C)C)C(C)(F)F. The van der Waals surface area contributed by atoms with E-state index in [0.717, 1.165) is 23.5 Å². The minimum absolute atomic E-state index is 0.0573. The first kappa shape index (κ1) is 26.3. The zero-order chi connectivity index (χ0) is 20.4. The molecular weight excluding hydrogens is 405 g/mol. The van der Waals surface area contributed by atoms with Crippen LogP contribution in [-0.4, -0.2) is 46.0 Å². The van der Waals surface area contributed by atoms with Crippen molar-refractivity contribution in [1.29, 1.82) is 0 Å². The molecule has 0 aromatic heterocycles. The lowest BCUT2D eigenvalue weighted by molar-refractivity contribution is -0.111. The molecule has 0 aliphatic rings. The van der Waals surface area contributed by atoms with Gasteiger partial charge in [-0.2, -0.15) is 8.78 Å². The summed E-state index contributed by atoms with van der Waals surface area (Å²) in [6.07, 6.45) is 0.961. The first-order valence-electron chi connectivity index (χ1n) is 8.59. The Balaban J connectivity index is 4.32. The third-order valence-electron chi connectivity index (χ3n) is 2.99. The molecule has 0 fully saturated rings.